The van der Waals surface area contributed by atoms with E-state index in [4.69, 9.17) is 5.26 Å². The standard InChI is InChI=1S/C8H8FN3/c1-11-12-7-2-3-8(9)6(4-7)5-10/h2-4,11-12H,1H3. The summed E-state index contributed by atoms with van der Waals surface area (Å²) in [6.45, 7) is 0. The molecular weight excluding hydrogens is 157 g/mol. The highest BCUT2D eigenvalue weighted by Gasteiger charge is 2.00. The number of hydrogen-bond acceptors (Lipinski definition) is 3. The molecule has 0 amide bonds. The maximum Gasteiger partial charge on any atom is 0.141 e. The summed E-state index contributed by atoms with van der Waals surface area (Å²) in [5, 5.41) is 8.47. The Morgan fingerprint density at radius 2 is 2.25 bits per heavy atom. The van der Waals surface area contributed by atoms with Crippen molar-refractivity contribution in [2.75, 3.05) is 12.5 Å². The van der Waals surface area contributed by atoms with Crippen LogP contribution in [0.5, 0.6) is 0 Å². The second kappa shape index (κ2) is 3.69. The summed E-state index contributed by atoms with van der Waals surface area (Å²) in [7, 11) is 1.69. The van der Waals surface area contributed by atoms with Gasteiger partial charge < -0.3 is 5.43 Å². The predicted molar refractivity (Wildman–Crippen MR) is 43.8 cm³/mol. The summed E-state index contributed by atoms with van der Waals surface area (Å²) in [6, 6.07) is 5.98. The predicted octanol–water partition coefficient (Wildman–Crippen LogP) is 1.24. The molecule has 0 saturated heterocycles. The van der Waals surface area contributed by atoms with E-state index >= 15 is 0 Å². The molecule has 1 aromatic carbocycles. The van der Waals surface area contributed by atoms with Crippen LogP contribution in [0, 0.1) is 17.1 Å². The summed E-state index contributed by atoms with van der Waals surface area (Å²) in [6.07, 6.45) is 0. The van der Waals surface area contributed by atoms with Crippen molar-refractivity contribution in [3.05, 3.63) is 29.6 Å². The van der Waals surface area contributed by atoms with Gasteiger partial charge in [0.25, 0.3) is 0 Å². The third kappa shape index (κ3) is 1.71. The molecule has 1 rings (SSSR count). The Hall–Kier alpha value is -1.60. The highest BCUT2D eigenvalue weighted by molar-refractivity contribution is 5.48. The molecule has 0 aromatic heterocycles. The lowest BCUT2D eigenvalue weighted by atomic mass is 10.2. The largest absolute Gasteiger partial charge is 0.322 e. The van der Waals surface area contributed by atoms with Gasteiger partial charge in [0, 0.05) is 7.05 Å². The minimum Gasteiger partial charge on any atom is -0.322 e. The number of nitriles is 1. The molecule has 12 heavy (non-hydrogen) atoms. The van der Waals surface area contributed by atoms with E-state index in [2.05, 4.69) is 10.9 Å². The van der Waals surface area contributed by atoms with E-state index in [1.807, 2.05) is 0 Å². The van der Waals surface area contributed by atoms with Gasteiger partial charge in [0.05, 0.1) is 11.3 Å². The number of nitrogens with one attached hydrogen (secondary N) is 2. The SMILES string of the molecule is CNNc1ccc(F)c(C#N)c1. The third-order valence-electron chi connectivity index (χ3n) is 1.36. The molecule has 0 aliphatic rings. The Labute approximate surface area is 69.8 Å². The molecule has 4 heteroatoms. The van der Waals surface area contributed by atoms with Crippen LogP contribution in [0.4, 0.5) is 10.1 Å². The summed E-state index contributed by atoms with van der Waals surface area (Å²) in [4.78, 5) is 0. The Morgan fingerprint density at radius 3 is 2.83 bits per heavy atom. The van der Waals surface area contributed by atoms with Crippen LogP contribution in [0.2, 0.25) is 0 Å². The van der Waals surface area contributed by atoms with Crippen molar-refractivity contribution >= 4 is 5.69 Å². The van der Waals surface area contributed by atoms with Gasteiger partial charge in [0.2, 0.25) is 0 Å². The number of benzene rings is 1. The smallest absolute Gasteiger partial charge is 0.141 e. The fourth-order valence-corrected chi connectivity index (χ4v) is 0.833. The van der Waals surface area contributed by atoms with Gasteiger partial charge in [-0.2, -0.15) is 5.26 Å². The Kier molecular flexibility index (Phi) is 2.62. The van der Waals surface area contributed by atoms with Gasteiger partial charge in [-0.1, -0.05) is 0 Å². The van der Waals surface area contributed by atoms with E-state index in [9.17, 15) is 4.39 Å². The van der Waals surface area contributed by atoms with E-state index in [-0.39, 0.29) is 5.56 Å². The zero-order chi connectivity index (χ0) is 8.97. The van der Waals surface area contributed by atoms with Crippen LogP contribution in [0.1, 0.15) is 5.56 Å². The van der Waals surface area contributed by atoms with Crippen LogP contribution < -0.4 is 10.9 Å². The third-order valence-corrected chi connectivity index (χ3v) is 1.36. The zero-order valence-corrected chi connectivity index (χ0v) is 6.56. The Bertz CT molecular complexity index is 317. The van der Waals surface area contributed by atoms with Gasteiger partial charge in [0.1, 0.15) is 11.9 Å². The van der Waals surface area contributed by atoms with E-state index in [1.54, 1.807) is 19.2 Å². The average Bonchev–Trinajstić information content (AvgIpc) is 2.09. The van der Waals surface area contributed by atoms with Crippen LogP contribution in [-0.4, -0.2) is 7.05 Å². The molecule has 0 atom stereocenters. The molecule has 0 unspecified atom stereocenters. The van der Waals surface area contributed by atoms with Crippen LogP contribution in [0.3, 0.4) is 0 Å². The number of anilines is 1. The minimum absolute atomic E-state index is 0.0373. The average molecular weight is 165 g/mol. The highest BCUT2D eigenvalue weighted by atomic mass is 19.1. The number of nitrogens with zero attached hydrogens (tertiary/aromatic N) is 1. The van der Waals surface area contributed by atoms with Gasteiger partial charge in [-0.3, -0.25) is 0 Å². The molecule has 0 radical (unpaired) electrons. The Balaban J connectivity index is 2.99. The van der Waals surface area contributed by atoms with Gasteiger partial charge in [0.15, 0.2) is 0 Å². The fraction of sp³-hybridized carbons (Fsp3) is 0.125. The maximum atomic E-state index is 12.7. The molecule has 0 aliphatic heterocycles. The van der Waals surface area contributed by atoms with Gasteiger partial charge in [-0.25, -0.2) is 9.82 Å². The van der Waals surface area contributed by atoms with Crippen LogP contribution in [-0.2, 0) is 0 Å². The molecule has 0 bridgehead atoms. The highest BCUT2D eigenvalue weighted by Crippen LogP contribution is 2.12. The van der Waals surface area contributed by atoms with E-state index < -0.39 is 5.82 Å². The first-order valence-corrected chi connectivity index (χ1v) is 3.40. The van der Waals surface area contributed by atoms with Crippen LogP contribution in [0.15, 0.2) is 18.2 Å². The summed E-state index contributed by atoms with van der Waals surface area (Å²) in [5.41, 5.74) is 6.11. The summed E-state index contributed by atoms with van der Waals surface area (Å²) < 4.78 is 12.7. The number of hydrazine groups is 1. The molecule has 1 aromatic rings. The monoisotopic (exact) mass is 165 g/mol. The quantitative estimate of drug-likeness (QED) is 0.648. The zero-order valence-electron chi connectivity index (χ0n) is 6.56. The lowest BCUT2D eigenvalue weighted by Gasteiger charge is -2.03. The molecule has 2 N–H and O–H groups in total. The normalized spacial score (nSPS) is 9.08. The molecule has 62 valence electrons. The van der Waals surface area contributed by atoms with Crippen molar-refractivity contribution in [3.8, 4) is 6.07 Å². The maximum absolute atomic E-state index is 12.7. The molecular formula is C8H8FN3. The molecule has 3 nitrogen and oxygen atoms in total. The van der Waals surface area contributed by atoms with Crippen molar-refractivity contribution < 1.29 is 4.39 Å². The number of hydrogen-bond donors (Lipinski definition) is 2. The first-order chi connectivity index (χ1) is 5.77. The van der Waals surface area contributed by atoms with Gasteiger partial charge >= 0.3 is 0 Å². The van der Waals surface area contributed by atoms with Crippen molar-refractivity contribution in [1.82, 2.24) is 5.43 Å². The first kappa shape index (κ1) is 8.50. The number of rotatable bonds is 2. The van der Waals surface area contributed by atoms with E-state index in [0.717, 1.165) is 0 Å². The van der Waals surface area contributed by atoms with Gasteiger partial charge in [-0.15, -0.1) is 0 Å². The minimum atomic E-state index is -0.501. The second-order valence-corrected chi connectivity index (χ2v) is 2.18. The Morgan fingerprint density at radius 1 is 1.50 bits per heavy atom. The molecule has 0 fully saturated rings. The molecule has 0 heterocycles. The van der Waals surface area contributed by atoms with E-state index in [0.29, 0.717) is 5.69 Å². The lowest BCUT2D eigenvalue weighted by Crippen LogP contribution is -2.14. The molecule has 0 aliphatic carbocycles. The van der Waals surface area contributed by atoms with Crippen molar-refractivity contribution in [2.24, 2.45) is 0 Å². The van der Waals surface area contributed by atoms with Crippen molar-refractivity contribution in [3.63, 3.8) is 0 Å². The van der Waals surface area contributed by atoms with Gasteiger partial charge in [-0.05, 0) is 18.2 Å². The van der Waals surface area contributed by atoms with Crippen molar-refractivity contribution in [1.29, 1.82) is 5.26 Å². The summed E-state index contributed by atoms with van der Waals surface area (Å²) >= 11 is 0. The van der Waals surface area contributed by atoms with Crippen LogP contribution in [0.25, 0.3) is 0 Å². The number of halogens is 1. The molecule has 0 spiro atoms. The topological polar surface area (TPSA) is 47.8 Å². The second-order valence-electron chi connectivity index (χ2n) is 2.18. The lowest BCUT2D eigenvalue weighted by molar-refractivity contribution is 0.624. The summed E-state index contributed by atoms with van der Waals surface area (Å²) in [5.74, 6) is -0.501. The van der Waals surface area contributed by atoms with E-state index in [1.165, 1.54) is 12.1 Å². The molecule has 0 saturated carbocycles. The first-order valence-electron chi connectivity index (χ1n) is 3.40. The fourth-order valence-electron chi connectivity index (χ4n) is 0.833. The van der Waals surface area contributed by atoms with Crippen molar-refractivity contribution in [2.45, 2.75) is 0 Å². The van der Waals surface area contributed by atoms with Crippen LogP contribution >= 0.6 is 0 Å².